The van der Waals surface area contributed by atoms with Gasteiger partial charge in [-0.25, -0.2) is 0 Å². The average molecular weight is 482 g/mol. The Kier molecular flexibility index (Phi) is 6.32. The molecule has 2 aliphatic heterocycles. The van der Waals surface area contributed by atoms with Gasteiger partial charge in [-0.15, -0.1) is 0 Å². The van der Waals surface area contributed by atoms with Crippen LogP contribution in [0.15, 0.2) is 67.0 Å². The maximum absolute atomic E-state index is 13.1. The Morgan fingerprint density at radius 3 is 2.23 bits per heavy atom. The van der Waals surface area contributed by atoms with Crippen LogP contribution in [0.2, 0.25) is 0 Å². The summed E-state index contributed by atoms with van der Waals surface area (Å²) in [4.78, 5) is 9.14. The molecule has 35 heavy (non-hydrogen) atoms. The van der Waals surface area contributed by atoms with Crippen molar-refractivity contribution >= 4 is 5.69 Å². The third-order valence-corrected chi connectivity index (χ3v) is 7.50. The molecule has 1 saturated heterocycles. The fourth-order valence-corrected chi connectivity index (χ4v) is 5.27. The summed E-state index contributed by atoms with van der Waals surface area (Å²) in [5.41, 5.74) is 2.67. The van der Waals surface area contributed by atoms with Gasteiger partial charge in [0.1, 0.15) is 0 Å². The number of anilines is 1. The van der Waals surface area contributed by atoms with Gasteiger partial charge in [0.05, 0.1) is 0 Å². The smallest absolute Gasteiger partial charge is 0.376 e. The number of halogens is 3. The lowest BCUT2D eigenvalue weighted by Crippen LogP contribution is -2.44. The molecule has 7 heteroatoms. The molecule has 2 aromatic carbocycles. The van der Waals surface area contributed by atoms with Crippen molar-refractivity contribution in [3.05, 3.63) is 83.7 Å². The molecular weight excluding hydrogens is 451 g/mol. The van der Waals surface area contributed by atoms with Crippen LogP contribution in [0.3, 0.4) is 0 Å². The van der Waals surface area contributed by atoms with E-state index in [1.165, 1.54) is 28.9 Å². The van der Waals surface area contributed by atoms with E-state index in [4.69, 9.17) is 0 Å². The van der Waals surface area contributed by atoms with E-state index in [9.17, 15) is 18.3 Å². The van der Waals surface area contributed by atoms with Crippen LogP contribution in [-0.4, -0.2) is 46.8 Å². The van der Waals surface area contributed by atoms with Gasteiger partial charge in [0, 0.05) is 50.3 Å². The summed E-state index contributed by atoms with van der Waals surface area (Å²) in [5.74, 6) is 0. The predicted molar refractivity (Wildman–Crippen MR) is 131 cm³/mol. The lowest BCUT2D eigenvalue weighted by molar-refractivity contribution is -0.258. The summed E-state index contributed by atoms with van der Waals surface area (Å²) >= 11 is 0. The number of hydrogen-bond acceptors (Lipinski definition) is 4. The van der Waals surface area contributed by atoms with Crippen molar-refractivity contribution < 1.29 is 18.3 Å². The van der Waals surface area contributed by atoms with Crippen molar-refractivity contribution in [3.63, 3.8) is 0 Å². The van der Waals surface area contributed by atoms with Crippen molar-refractivity contribution in [2.24, 2.45) is 0 Å². The van der Waals surface area contributed by atoms with Gasteiger partial charge in [-0.2, -0.15) is 13.2 Å². The standard InChI is InChI=1S/C28H30F3N3O/c1-27(35,28(29,30)31)24-5-2-21(3-6-24)22-4-7-26-23(18-22)10-17-34(26)25-11-15-33(16-12-25)19-20-8-13-32-14-9-20/h2-9,13-14,18,25,35H,10-12,15-17,19H2,1H3. The Morgan fingerprint density at radius 2 is 1.57 bits per heavy atom. The third kappa shape index (κ3) is 4.80. The van der Waals surface area contributed by atoms with Gasteiger partial charge in [0.2, 0.25) is 0 Å². The molecule has 0 saturated carbocycles. The van der Waals surface area contributed by atoms with Crippen LogP contribution in [0.25, 0.3) is 11.1 Å². The van der Waals surface area contributed by atoms with Gasteiger partial charge in [-0.05, 0) is 78.3 Å². The number of nitrogens with zero attached hydrogens (tertiary/aromatic N) is 3. The van der Waals surface area contributed by atoms with Crippen LogP contribution < -0.4 is 4.90 Å². The average Bonchev–Trinajstić information content (AvgIpc) is 3.28. The predicted octanol–water partition coefficient (Wildman–Crippen LogP) is 5.55. The highest BCUT2D eigenvalue weighted by molar-refractivity contribution is 5.71. The number of hydrogen-bond donors (Lipinski definition) is 1. The highest BCUT2D eigenvalue weighted by Crippen LogP contribution is 2.40. The lowest BCUT2D eigenvalue weighted by Gasteiger charge is -2.38. The van der Waals surface area contributed by atoms with Gasteiger partial charge >= 0.3 is 6.18 Å². The second-order valence-corrected chi connectivity index (χ2v) is 9.80. The molecule has 0 aliphatic carbocycles. The zero-order valence-electron chi connectivity index (χ0n) is 19.8. The van der Waals surface area contributed by atoms with Gasteiger partial charge < -0.3 is 10.0 Å². The Morgan fingerprint density at radius 1 is 0.914 bits per heavy atom. The molecule has 0 amide bonds. The van der Waals surface area contributed by atoms with E-state index in [1.807, 2.05) is 18.5 Å². The third-order valence-electron chi connectivity index (χ3n) is 7.50. The van der Waals surface area contributed by atoms with Crippen molar-refractivity contribution in [1.29, 1.82) is 0 Å². The van der Waals surface area contributed by atoms with Crippen LogP contribution >= 0.6 is 0 Å². The fraction of sp³-hybridized carbons (Fsp3) is 0.393. The molecule has 1 atom stereocenters. The number of benzene rings is 2. The molecule has 1 unspecified atom stereocenters. The van der Waals surface area contributed by atoms with E-state index in [1.54, 1.807) is 12.1 Å². The van der Waals surface area contributed by atoms with Crippen LogP contribution in [0.4, 0.5) is 18.9 Å². The molecule has 1 N–H and O–H groups in total. The normalized spacial score (nSPS) is 18.9. The second-order valence-electron chi connectivity index (χ2n) is 9.80. The minimum Gasteiger partial charge on any atom is -0.376 e. The first-order valence-electron chi connectivity index (χ1n) is 12.1. The minimum atomic E-state index is -4.72. The summed E-state index contributed by atoms with van der Waals surface area (Å²) in [6.45, 7) is 4.90. The molecule has 1 aromatic heterocycles. The Hall–Kier alpha value is -2.90. The molecule has 184 valence electrons. The number of piperidine rings is 1. The summed E-state index contributed by atoms with van der Waals surface area (Å²) in [7, 11) is 0. The number of fused-ring (bicyclic) bond motifs is 1. The van der Waals surface area contributed by atoms with E-state index >= 15 is 0 Å². The second kappa shape index (κ2) is 9.28. The van der Waals surface area contributed by atoms with Crippen molar-refractivity contribution in [3.8, 4) is 11.1 Å². The summed E-state index contributed by atoms with van der Waals surface area (Å²) in [6, 6.07) is 17.1. The van der Waals surface area contributed by atoms with Crippen LogP contribution in [-0.2, 0) is 18.6 Å². The number of alkyl halides is 3. The van der Waals surface area contributed by atoms with Crippen LogP contribution in [0.1, 0.15) is 36.5 Å². The first kappa shape index (κ1) is 23.8. The number of pyridine rings is 1. The molecule has 0 spiro atoms. The maximum Gasteiger partial charge on any atom is 0.421 e. The number of likely N-dealkylation sites (tertiary alicyclic amines) is 1. The molecule has 2 aliphatic rings. The molecule has 3 aromatic rings. The van der Waals surface area contributed by atoms with Gasteiger partial charge in [0.25, 0.3) is 0 Å². The zero-order valence-corrected chi connectivity index (χ0v) is 19.8. The topological polar surface area (TPSA) is 39.6 Å². The number of rotatable bonds is 5. The monoisotopic (exact) mass is 481 g/mol. The molecule has 5 rings (SSSR count). The lowest BCUT2D eigenvalue weighted by atomic mass is 9.93. The van der Waals surface area contributed by atoms with E-state index in [-0.39, 0.29) is 5.56 Å². The summed E-state index contributed by atoms with van der Waals surface area (Å²) in [6.07, 6.45) is 2.21. The highest BCUT2D eigenvalue weighted by atomic mass is 19.4. The van der Waals surface area contributed by atoms with Gasteiger partial charge in [-0.1, -0.05) is 30.3 Å². The van der Waals surface area contributed by atoms with Crippen molar-refractivity contribution in [1.82, 2.24) is 9.88 Å². The SMILES string of the molecule is CC(O)(c1ccc(-c2ccc3c(c2)CCN3C2CCN(Cc3ccncc3)CC2)cc1)C(F)(F)F. The maximum atomic E-state index is 13.1. The molecule has 0 radical (unpaired) electrons. The Bertz CT molecular complexity index is 1150. The van der Waals surface area contributed by atoms with Crippen LogP contribution in [0.5, 0.6) is 0 Å². The molecule has 4 nitrogen and oxygen atoms in total. The first-order chi connectivity index (χ1) is 16.7. The summed E-state index contributed by atoms with van der Waals surface area (Å²) < 4.78 is 39.4. The highest BCUT2D eigenvalue weighted by Gasteiger charge is 2.51. The molecule has 0 bridgehead atoms. The van der Waals surface area contributed by atoms with Crippen molar-refractivity contribution in [2.75, 3.05) is 24.5 Å². The number of aromatic nitrogens is 1. The zero-order chi connectivity index (χ0) is 24.6. The molecule has 3 heterocycles. The van der Waals surface area contributed by atoms with Gasteiger partial charge in [0.15, 0.2) is 5.60 Å². The van der Waals surface area contributed by atoms with E-state index in [0.717, 1.165) is 63.5 Å². The van der Waals surface area contributed by atoms with E-state index < -0.39 is 11.8 Å². The summed E-state index contributed by atoms with van der Waals surface area (Å²) in [5, 5.41) is 9.92. The Balaban J connectivity index is 1.25. The largest absolute Gasteiger partial charge is 0.421 e. The molecular formula is C28H30F3N3O. The van der Waals surface area contributed by atoms with E-state index in [2.05, 4.69) is 39.0 Å². The number of aliphatic hydroxyl groups is 1. The first-order valence-corrected chi connectivity index (χ1v) is 12.1. The van der Waals surface area contributed by atoms with Crippen molar-refractivity contribution in [2.45, 2.75) is 50.6 Å². The minimum absolute atomic E-state index is 0.156. The Labute approximate surface area is 204 Å². The van der Waals surface area contributed by atoms with E-state index in [0.29, 0.717) is 6.04 Å². The quantitative estimate of drug-likeness (QED) is 0.519. The van der Waals surface area contributed by atoms with Crippen LogP contribution in [0, 0.1) is 0 Å². The van der Waals surface area contributed by atoms with Gasteiger partial charge in [-0.3, -0.25) is 9.88 Å². The molecule has 1 fully saturated rings. The fourth-order valence-electron chi connectivity index (χ4n) is 5.27.